The van der Waals surface area contributed by atoms with Crippen LogP contribution in [0, 0.1) is 5.92 Å². The van der Waals surface area contributed by atoms with E-state index in [0.717, 1.165) is 0 Å². The third-order valence-corrected chi connectivity index (χ3v) is 5.10. The Bertz CT molecular complexity index is 818. The largest absolute Gasteiger partial charge is 0.481 e. The number of carbonyl (C=O) groups is 7. The molecule has 0 heterocycles. The number of rotatable bonds is 17. The molecule has 0 aliphatic carbocycles. The maximum atomic E-state index is 12.9. The highest BCUT2D eigenvalue weighted by molar-refractivity contribution is 5.95. The van der Waals surface area contributed by atoms with E-state index in [4.69, 9.17) is 21.7 Å². The molecule has 0 aromatic heterocycles. The van der Waals surface area contributed by atoms with Crippen LogP contribution in [0.5, 0.6) is 0 Å². The molecule has 4 amide bonds. The van der Waals surface area contributed by atoms with Crippen LogP contribution in [0.15, 0.2) is 0 Å². The lowest BCUT2D eigenvalue weighted by molar-refractivity contribution is -0.143. The second-order valence-corrected chi connectivity index (χ2v) is 7.97. The molecule has 0 fully saturated rings. The molecule has 0 aromatic rings. The van der Waals surface area contributed by atoms with Gasteiger partial charge in [-0.05, 0) is 18.8 Å². The molecule has 5 unspecified atom stereocenters. The zero-order chi connectivity index (χ0) is 27.3. The molecule has 35 heavy (non-hydrogen) atoms. The number of nitrogens with two attached hydrogens (primary N) is 2. The highest BCUT2D eigenvalue weighted by atomic mass is 16.4. The normalized spacial score (nSPS) is 14.9. The van der Waals surface area contributed by atoms with Gasteiger partial charge in [-0.15, -0.1) is 0 Å². The highest BCUT2D eigenvalue weighted by Crippen LogP contribution is 2.10. The zero-order valence-corrected chi connectivity index (χ0v) is 19.5. The van der Waals surface area contributed by atoms with E-state index >= 15 is 0 Å². The fraction of sp³-hybridized carbons (Fsp3) is 0.650. The van der Waals surface area contributed by atoms with E-state index < -0.39 is 90.9 Å². The van der Waals surface area contributed by atoms with Crippen LogP contribution in [0.2, 0.25) is 0 Å². The molecular weight excluding hydrogens is 470 g/mol. The van der Waals surface area contributed by atoms with Crippen molar-refractivity contribution < 1.29 is 48.9 Å². The Morgan fingerprint density at radius 1 is 0.771 bits per heavy atom. The number of carboxylic acids is 3. The van der Waals surface area contributed by atoms with E-state index in [1.165, 1.54) is 0 Å². The molecule has 15 heteroatoms. The van der Waals surface area contributed by atoms with Crippen molar-refractivity contribution in [2.45, 2.75) is 76.5 Å². The van der Waals surface area contributed by atoms with Crippen LogP contribution in [-0.4, -0.2) is 81.0 Å². The maximum Gasteiger partial charge on any atom is 0.326 e. The Kier molecular flexibility index (Phi) is 13.6. The predicted octanol–water partition coefficient (Wildman–Crippen LogP) is -2.50. The molecule has 0 rings (SSSR count). The highest BCUT2D eigenvalue weighted by Gasteiger charge is 2.33. The van der Waals surface area contributed by atoms with E-state index in [0.29, 0.717) is 6.42 Å². The summed E-state index contributed by atoms with van der Waals surface area (Å²) in [6.45, 7) is 3.31. The minimum atomic E-state index is -1.53. The first-order valence-corrected chi connectivity index (χ1v) is 10.8. The molecule has 0 bridgehead atoms. The van der Waals surface area contributed by atoms with Crippen molar-refractivity contribution in [2.75, 3.05) is 0 Å². The topological polar surface area (TPSA) is 268 Å². The Labute approximate surface area is 201 Å². The second kappa shape index (κ2) is 15.2. The van der Waals surface area contributed by atoms with Crippen LogP contribution >= 0.6 is 0 Å². The van der Waals surface area contributed by atoms with E-state index in [1.807, 2.05) is 0 Å². The third-order valence-electron chi connectivity index (χ3n) is 5.10. The van der Waals surface area contributed by atoms with Crippen molar-refractivity contribution in [1.82, 2.24) is 16.0 Å². The Hall–Kier alpha value is -3.75. The van der Waals surface area contributed by atoms with Crippen molar-refractivity contribution in [3.8, 4) is 0 Å². The summed E-state index contributed by atoms with van der Waals surface area (Å²) in [5.41, 5.74) is 10.5. The van der Waals surface area contributed by atoms with Gasteiger partial charge in [0, 0.05) is 12.8 Å². The fourth-order valence-electron chi connectivity index (χ4n) is 2.86. The van der Waals surface area contributed by atoms with Crippen LogP contribution < -0.4 is 27.4 Å². The van der Waals surface area contributed by atoms with Crippen LogP contribution in [0.25, 0.3) is 0 Å². The molecule has 0 saturated heterocycles. The summed E-state index contributed by atoms with van der Waals surface area (Å²) in [6.07, 6.45) is -1.94. The molecule has 15 nitrogen and oxygen atoms in total. The summed E-state index contributed by atoms with van der Waals surface area (Å²) in [5.74, 6) is -8.20. The smallest absolute Gasteiger partial charge is 0.326 e. The molecule has 198 valence electrons. The molecule has 0 spiro atoms. The Morgan fingerprint density at radius 3 is 1.77 bits per heavy atom. The lowest BCUT2D eigenvalue weighted by Crippen LogP contribution is -2.58. The first-order valence-electron chi connectivity index (χ1n) is 10.8. The van der Waals surface area contributed by atoms with E-state index in [9.17, 15) is 38.7 Å². The van der Waals surface area contributed by atoms with Gasteiger partial charge < -0.3 is 42.7 Å². The van der Waals surface area contributed by atoms with Crippen LogP contribution in [-0.2, 0) is 33.6 Å². The number of nitrogens with one attached hydrogen (secondary N) is 3. The maximum absolute atomic E-state index is 12.9. The molecule has 0 aliphatic rings. The summed E-state index contributed by atoms with van der Waals surface area (Å²) in [5, 5.41) is 33.8. The third kappa shape index (κ3) is 12.3. The summed E-state index contributed by atoms with van der Waals surface area (Å²) in [6, 6.07) is -5.72. The first kappa shape index (κ1) is 31.2. The lowest BCUT2D eigenvalue weighted by atomic mass is 9.97. The number of hydrogen-bond donors (Lipinski definition) is 8. The fourth-order valence-corrected chi connectivity index (χ4v) is 2.86. The minimum Gasteiger partial charge on any atom is -0.481 e. The summed E-state index contributed by atoms with van der Waals surface area (Å²) >= 11 is 0. The van der Waals surface area contributed by atoms with Gasteiger partial charge in [0.15, 0.2) is 0 Å². The van der Waals surface area contributed by atoms with Crippen molar-refractivity contribution in [3.05, 3.63) is 0 Å². The summed E-state index contributed by atoms with van der Waals surface area (Å²) in [7, 11) is 0. The van der Waals surface area contributed by atoms with Gasteiger partial charge >= 0.3 is 17.9 Å². The first-order chi connectivity index (χ1) is 16.2. The van der Waals surface area contributed by atoms with Crippen LogP contribution in [0.4, 0.5) is 0 Å². The van der Waals surface area contributed by atoms with Crippen molar-refractivity contribution >= 4 is 41.5 Å². The van der Waals surface area contributed by atoms with Crippen molar-refractivity contribution in [2.24, 2.45) is 17.4 Å². The van der Waals surface area contributed by atoms with Gasteiger partial charge in [0.25, 0.3) is 0 Å². The van der Waals surface area contributed by atoms with Gasteiger partial charge in [0.2, 0.25) is 23.6 Å². The van der Waals surface area contributed by atoms with Crippen LogP contribution in [0.3, 0.4) is 0 Å². The molecular formula is C20H33N5O10. The Morgan fingerprint density at radius 2 is 1.31 bits per heavy atom. The molecule has 0 saturated carbocycles. The van der Waals surface area contributed by atoms with E-state index in [-0.39, 0.29) is 12.8 Å². The number of primary amides is 1. The van der Waals surface area contributed by atoms with Gasteiger partial charge in [-0.25, -0.2) is 4.79 Å². The molecule has 0 aliphatic heterocycles. The Balaban J connectivity index is 5.64. The van der Waals surface area contributed by atoms with Gasteiger partial charge in [0.05, 0.1) is 12.5 Å². The monoisotopic (exact) mass is 503 g/mol. The summed E-state index contributed by atoms with van der Waals surface area (Å²) < 4.78 is 0. The number of aliphatic carboxylic acids is 3. The van der Waals surface area contributed by atoms with Crippen molar-refractivity contribution in [1.29, 1.82) is 0 Å². The quantitative estimate of drug-likeness (QED) is 0.103. The van der Waals surface area contributed by atoms with Crippen molar-refractivity contribution in [3.63, 3.8) is 0 Å². The van der Waals surface area contributed by atoms with E-state index in [1.54, 1.807) is 13.8 Å². The molecule has 0 radical (unpaired) electrons. The number of hydrogen-bond acceptors (Lipinski definition) is 8. The average molecular weight is 504 g/mol. The molecule has 10 N–H and O–H groups in total. The average Bonchev–Trinajstić information content (AvgIpc) is 2.75. The molecule has 5 atom stereocenters. The van der Waals surface area contributed by atoms with Gasteiger partial charge in [-0.2, -0.15) is 0 Å². The minimum absolute atomic E-state index is 0.330. The second-order valence-electron chi connectivity index (χ2n) is 7.97. The van der Waals surface area contributed by atoms with E-state index in [2.05, 4.69) is 16.0 Å². The van der Waals surface area contributed by atoms with Crippen LogP contribution in [0.1, 0.15) is 52.4 Å². The number of amides is 4. The zero-order valence-electron chi connectivity index (χ0n) is 19.5. The predicted molar refractivity (Wildman–Crippen MR) is 118 cm³/mol. The van der Waals surface area contributed by atoms with Gasteiger partial charge in [-0.1, -0.05) is 20.3 Å². The summed E-state index contributed by atoms with van der Waals surface area (Å²) in [4.78, 5) is 82.0. The molecule has 0 aromatic carbocycles. The van der Waals surface area contributed by atoms with Gasteiger partial charge in [0.1, 0.15) is 18.1 Å². The SMILES string of the molecule is CCC(C)C(NC(=O)C(N)CC(=O)O)C(=O)NC(CCC(=O)O)C(=O)NC(CCC(N)=O)C(=O)O. The van der Waals surface area contributed by atoms with Gasteiger partial charge in [-0.3, -0.25) is 28.8 Å². The standard InChI is InChI=1S/C20H33N5O10/c1-3-9(2)16(25-17(31)10(21)8-15(29)30)19(33)23-11(5-7-14(27)28)18(32)24-12(20(34)35)4-6-13(22)26/h9-12,16H,3-8,21H2,1-2H3,(H2,22,26)(H,23,33)(H,24,32)(H,25,31)(H,27,28)(H,29,30)(H,34,35). The number of carboxylic acid groups (broad SMARTS) is 3. The number of carbonyl (C=O) groups excluding carboxylic acids is 4. The lowest BCUT2D eigenvalue weighted by Gasteiger charge is -2.27.